The SMILES string of the molecule is CCCCCCCCCC1C=C(C)CN1. The zero-order valence-corrected chi connectivity index (χ0v) is 10.5. The predicted molar refractivity (Wildman–Crippen MR) is 68.2 cm³/mol. The van der Waals surface area contributed by atoms with E-state index in [0.29, 0.717) is 6.04 Å². The Kier molecular flexibility index (Phi) is 6.74. The highest BCUT2D eigenvalue weighted by atomic mass is 14.9. The van der Waals surface area contributed by atoms with E-state index in [4.69, 9.17) is 0 Å². The molecule has 1 heteroatoms. The van der Waals surface area contributed by atoms with Gasteiger partial charge in [-0.2, -0.15) is 0 Å². The molecule has 0 aromatic heterocycles. The molecule has 1 atom stereocenters. The molecule has 1 rings (SSSR count). The molecule has 1 heterocycles. The molecule has 0 aromatic carbocycles. The van der Waals surface area contributed by atoms with Gasteiger partial charge in [-0.15, -0.1) is 0 Å². The Bertz CT molecular complexity index is 184. The molecule has 0 spiro atoms. The third-order valence-corrected chi connectivity index (χ3v) is 3.25. The number of hydrogen-bond acceptors (Lipinski definition) is 1. The number of rotatable bonds is 8. The van der Waals surface area contributed by atoms with Gasteiger partial charge in [-0.05, 0) is 13.3 Å². The number of hydrogen-bond donors (Lipinski definition) is 1. The van der Waals surface area contributed by atoms with E-state index in [1.807, 2.05) is 0 Å². The Morgan fingerprint density at radius 2 is 1.80 bits per heavy atom. The highest BCUT2D eigenvalue weighted by Gasteiger charge is 2.10. The van der Waals surface area contributed by atoms with Crippen molar-refractivity contribution in [3.8, 4) is 0 Å². The maximum absolute atomic E-state index is 3.52. The lowest BCUT2D eigenvalue weighted by Crippen LogP contribution is -2.21. The molecule has 1 aliphatic heterocycles. The average Bonchev–Trinajstić information content (AvgIpc) is 2.63. The van der Waals surface area contributed by atoms with Crippen molar-refractivity contribution in [1.29, 1.82) is 0 Å². The quantitative estimate of drug-likeness (QED) is 0.470. The van der Waals surface area contributed by atoms with Crippen molar-refractivity contribution in [2.45, 2.75) is 71.3 Å². The molecule has 0 saturated carbocycles. The van der Waals surface area contributed by atoms with Crippen LogP contribution in [0.4, 0.5) is 0 Å². The largest absolute Gasteiger partial charge is 0.307 e. The molecule has 88 valence electrons. The van der Waals surface area contributed by atoms with E-state index in [1.54, 1.807) is 0 Å². The Balaban J connectivity index is 1.85. The molecule has 1 unspecified atom stereocenters. The van der Waals surface area contributed by atoms with Crippen molar-refractivity contribution in [3.05, 3.63) is 11.6 Å². The van der Waals surface area contributed by atoms with Crippen LogP contribution < -0.4 is 5.32 Å². The second-order valence-electron chi connectivity index (χ2n) is 4.91. The van der Waals surface area contributed by atoms with Gasteiger partial charge in [0.15, 0.2) is 0 Å². The summed E-state index contributed by atoms with van der Waals surface area (Å²) in [6.45, 7) is 5.61. The Morgan fingerprint density at radius 3 is 2.40 bits per heavy atom. The topological polar surface area (TPSA) is 12.0 Å². The van der Waals surface area contributed by atoms with E-state index in [1.165, 1.54) is 56.9 Å². The zero-order valence-electron chi connectivity index (χ0n) is 10.5. The fourth-order valence-electron chi connectivity index (χ4n) is 2.26. The van der Waals surface area contributed by atoms with Crippen molar-refractivity contribution in [1.82, 2.24) is 5.32 Å². The minimum Gasteiger partial charge on any atom is -0.307 e. The van der Waals surface area contributed by atoms with Crippen molar-refractivity contribution < 1.29 is 0 Å². The first kappa shape index (κ1) is 12.8. The van der Waals surface area contributed by atoms with Crippen LogP contribution in [-0.4, -0.2) is 12.6 Å². The minimum atomic E-state index is 0.681. The molecule has 0 fully saturated rings. The van der Waals surface area contributed by atoms with Crippen LogP contribution in [0.3, 0.4) is 0 Å². The van der Waals surface area contributed by atoms with Gasteiger partial charge >= 0.3 is 0 Å². The molecular weight excluding hydrogens is 182 g/mol. The van der Waals surface area contributed by atoms with E-state index in [2.05, 4.69) is 25.2 Å². The predicted octanol–water partition coefficient (Wildman–Crippen LogP) is 4.05. The first-order chi connectivity index (χ1) is 7.33. The smallest absolute Gasteiger partial charge is 0.0256 e. The van der Waals surface area contributed by atoms with Gasteiger partial charge in [0.25, 0.3) is 0 Å². The Labute approximate surface area is 95.3 Å². The molecule has 1 nitrogen and oxygen atoms in total. The van der Waals surface area contributed by atoms with Crippen molar-refractivity contribution in [2.24, 2.45) is 0 Å². The highest BCUT2D eigenvalue weighted by Crippen LogP contribution is 2.13. The van der Waals surface area contributed by atoms with Gasteiger partial charge in [-0.25, -0.2) is 0 Å². The van der Waals surface area contributed by atoms with Gasteiger partial charge in [0.05, 0.1) is 0 Å². The summed E-state index contributed by atoms with van der Waals surface area (Å²) in [6.07, 6.45) is 13.7. The lowest BCUT2D eigenvalue weighted by molar-refractivity contribution is 0.534. The fourth-order valence-corrected chi connectivity index (χ4v) is 2.26. The number of nitrogens with one attached hydrogen (secondary N) is 1. The summed E-state index contributed by atoms with van der Waals surface area (Å²) >= 11 is 0. The van der Waals surface area contributed by atoms with Crippen molar-refractivity contribution >= 4 is 0 Å². The van der Waals surface area contributed by atoms with Crippen LogP contribution in [0, 0.1) is 0 Å². The Hall–Kier alpha value is -0.300. The van der Waals surface area contributed by atoms with Crippen LogP contribution in [0.15, 0.2) is 11.6 Å². The summed E-state index contributed by atoms with van der Waals surface area (Å²) in [4.78, 5) is 0. The summed E-state index contributed by atoms with van der Waals surface area (Å²) in [5, 5.41) is 3.52. The van der Waals surface area contributed by atoms with Crippen LogP contribution in [0.25, 0.3) is 0 Å². The summed E-state index contributed by atoms with van der Waals surface area (Å²) in [6, 6.07) is 0.681. The second-order valence-corrected chi connectivity index (χ2v) is 4.91. The summed E-state index contributed by atoms with van der Waals surface area (Å²) in [7, 11) is 0. The minimum absolute atomic E-state index is 0.681. The monoisotopic (exact) mass is 209 g/mol. The molecule has 0 saturated heterocycles. The van der Waals surface area contributed by atoms with E-state index in [-0.39, 0.29) is 0 Å². The van der Waals surface area contributed by atoms with Crippen LogP contribution in [-0.2, 0) is 0 Å². The highest BCUT2D eigenvalue weighted by molar-refractivity contribution is 5.12. The van der Waals surface area contributed by atoms with Crippen LogP contribution in [0.5, 0.6) is 0 Å². The van der Waals surface area contributed by atoms with Crippen LogP contribution in [0.1, 0.15) is 65.2 Å². The molecule has 0 aliphatic carbocycles. The van der Waals surface area contributed by atoms with Crippen LogP contribution >= 0.6 is 0 Å². The molecular formula is C14H27N. The molecule has 0 amide bonds. The lowest BCUT2D eigenvalue weighted by Gasteiger charge is -2.08. The van der Waals surface area contributed by atoms with Gasteiger partial charge in [0, 0.05) is 12.6 Å². The molecule has 15 heavy (non-hydrogen) atoms. The van der Waals surface area contributed by atoms with Crippen molar-refractivity contribution in [3.63, 3.8) is 0 Å². The molecule has 0 radical (unpaired) electrons. The summed E-state index contributed by atoms with van der Waals surface area (Å²) < 4.78 is 0. The van der Waals surface area contributed by atoms with Gasteiger partial charge in [-0.1, -0.05) is 63.5 Å². The lowest BCUT2D eigenvalue weighted by atomic mass is 10.1. The Morgan fingerprint density at radius 1 is 1.13 bits per heavy atom. The van der Waals surface area contributed by atoms with Gasteiger partial charge in [0.2, 0.25) is 0 Å². The van der Waals surface area contributed by atoms with E-state index >= 15 is 0 Å². The first-order valence-electron chi connectivity index (χ1n) is 6.73. The van der Waals surface area contributed by atoms with E-state index in [9.17, 15) is 0 Å². The van der Waals surface area contributed by atoms with Gasteiger partial charge in [0.1, 0.15) is 0 Å². The summed E-state index contributed by atoms with van der Waals surface area (Å²) in [5.74, 6) is 0. The molecule has 0 bridgehead atoms. The molecule has 0 aromatic rings. The zero-order chi connectivity index (χ0) is 10.9. The standard InChI is InChI=1S/C14H27N/c1-3-4-5-6-7-8-9-10-14-11-13(2)12-15-14/h11,14-15H,3-10,12H2,1-2H3. The van der Waals surface area contributed by atoms with Gasteiger partial charge in [-0.3, -0.25) is 0 Å². The average molecular weight is 209 g/mol. The normalized spacial score (nSPS) is 20.7. The van der Waals surface area contributed by atoms with Crippen LogP contribution in [0.2, 0.25) is 0 Å². The third kappa shape index (κ3) is 5.99. The third-order valence-electron chi connectivity index (χ3n) is 3.25. The first-order valence-corrected chi connectivity index (χ1v) is 6.73. The maximum atomic E-state index is 3.52. The van der Waals surface area contributed by atoms with E-state index < -0.39 is 0 Å². The molecule has 1 N–H and O–H groups in total. The van der Waals surface area contributed by atoms with E-state index in [0.717, 1.165) is 6.54 Å². The van der Waals surface area contributed by atoms with Crippen molar-refractivity contribution in [2.75, 3.05) is 6.54 Å². The van der Waals surface area contributed by atoms with Gasteiger partial charge < -0.3 is 5.32 Å². The maximum Gasteiger partial charge on any atom is 0.0256 e. The summed E-state index contributed by atoms with van der Waals surface area (Å²) in [5.41, 5.74) is 1.52. The molecule has 1 aliphatic rings. The second kappa shape index (κ2) is 7.92. The number of unbranched alkanes of at least 4 members (excludes halogenated alkanes) is 6. The fraction of sp³-hybridized carbons (Fsp3) is 0.857.